The summed E-state index contributed by atoms with van der Waals surface area (Å²) in [7, 11) is 0. The number of carbonyl (C=O) groups is 6. The van der Waals surface area contributed by atoms with E-state index in [-0.39, 0.29) is 32.1 Å². The van der Waals surface area contributed by atoms with Gasteiger partial charge >= 0.3 is 5.97 Å². The quantitative estimate of drug-likeness (QED) is 0.0611. The molecular formula is C60H58N6O8. The molecule has 14 heteroatoms. The number of carboxylic acid groups (broad SMARTS) is 1. The Morgan fingerprint density at radius 1 is 0.541 bits per heavy atom. The summed E-state index contributed by atoms with van der Waals surface area (Å²) in [6.07, 6.45) is 4.31. The minimum atomic E-state index is -1.30. The van der Waals surface area contributed by atoms with Crippen LogP contribution in [0.1, 0.15) is 40.7 Å². The number of aliphatic carboxylic acids is 1. The van der Waals surface area contributed by atoms with Crippen molar-refractivity contribution in [3.63, 3.8) is 0 Å². The standard InChI is InChI=1S/C60H58N6O8/c67-55-39-74-49-28-20-44(21-29-49)38-54(59(71)64-51(60(72)73)31-23-41-12-6-2-7-13-41)65-56(68)50(30-22-40-10-4-1-5-11-40)63-58(70)53(37-43-16-24-46(25-17-43)45-14-8-3-9-15-45)66-57(69)52(62-55)36-42-18-26-47(27-19-42)48-32-34-61-35-33-48/h1-21,24-29,32-35,50-54H,22-23,30-31,36-39H2,(H,62,67)(H,63,70)(H,64,71)(H,65,68)(H,66,69)(H,72,73)/t50-,51-,52-,53+,54-/m0/s1. The second-order valence-electron chi connectivity index (χ2n) is 18.3. The highest BCUT2D eigenvalue weighted by molar-refractivity contribution is 5.96. The van der Waals surface area contributed by atoms with E-state index in [0.717, 1.165) is 38.9 Å². The molecule has 376 valence electrons. The zero-order chi connectivity index (χ0) is 51.7. The average Bonchev–Trinajstić information content (AvgIpc) is 3.43. The van der Waals surface area contributed by atoms with Crippen LogP contribution in [0.4, 0.5) is 0 Å². The fourth-order valence-electron chi connectivity index (χ4n) is 8.81. The van der Waals surface area contributed by atoms with Crippen molar-refractivity contribution in [2.45, 2.75) is 75.2 Å². The van der Waals surface area contributed by atoms with Gasteiger partial charge < -0.3 is 36.4 Å². The van der Waals surface area contributed by atoms with Gasteiger partial charge in [-0.1, -0.05) is 152 Å². The fraction of sp³-hybridized carbons (Fsp3) is 0.217. The molecule has 14 nitrogen and oxygen atoms in total. The predicted octanol–water partition coefficient (Wildman–Crippen LogP) is 6.61. The van der Waals surface area contributed by atoms with E-state index in [1.54, 1.807) is 36.7 Å². The third-order valence-corrected chi connectivity index (χ3v) is 12.9. The summed E-state index contributed by atoms with van der Waals surface area (Å²) in [5.74, 6) is -4.28. The zero-order valence-electron chi connectivity index (χ0n) is 40.7. The topological polar surface area (TPSA) is 205 Å². The maximum Gasteiger partial charge on any atom is 0.326 e. The first kappa shape index (κ1) is 51.4. The Hall–Kier alpha value is -8.91. The summed E-state index contributed by atoms with van der Waals surface area (Å²) in [4.78, 5) is 89.0. The number of fused-ring (bicyclic) bond motifs is 16. The molecule has 0 saturated carbocycles. The number of pyridine rings is 1. The largest absolute Gasteiger partial charge is 0.484 e. The number of rotatable bonds is 15. The summed E-state index contributed by atoms with van der Waals surface area (Å²) in [6, 6.07) is 47.8. The highest BCUT2D eigenvalue weighted by atomic mass is 16.5. The lowest BCUT2D eigenvalue weighted by Crippen LogP contribution is -2.59. The van der Waals surface area contributed by atoms with Crippen LogP contribution in [-0.4, -0.2) is 82.4 Å². The van der Waals surface area contributed by atoms with E-state index in [0.29, 0.717) is 29.7 Å². The van der Waals surface area contributed by atoms with E-state index in [9.17, 15) is 33.9 Å². The molecule has 0 aliphatic carbocycles. The number of aryl methyl sites for hydroxylation is 2. The van der Waals surface area contributed by atoms with Crippen molar-refractivity contribution in [1.82, 2.24) is 31.6 Å². The minimum absolute atomic E-state index is 0.00262. The van der Waals surface area contributed by atoms with Gasteiger partial charge in [0.25, 0.3) is 5.91 Å². The van der Waals surface area contributed by atoms with Crippen LogP contribution in [0.5, 0.6) is 5.75 Å². The van der Waals surface area contributed by atoms with Gasteiger partial charge in [-0.2, -0.15) is 0 Å². The summed E-state index contributed by atoms with van der Waals surface area (Å²) in [5.41, 5.74) is 7.64. The Morgan fingerprint density at radius 3 is 1.59 bits per heavy atom. The second kappa shape index (κ2) is 25.5. The average molecular weight is 991 g/mol. The molecule has 2 aliphatic heterocycles. The molecule has 5 amide bonds. The summed E-state index contributed by atoms with van der Waals surface area (Å²) in [6.45, 7) is -0.453. The van der Waals surface area contributed by atoms with Gasteiger partial charge in [0.1, 0.15) is 36.0 Å². The molecule has 6 aromatic carbocycles. The zero-order valence-corrected chi connectivity index (χ0v) is 40.7. The molecule has 1 aromatic heterocycles. The first-order valence-electron chi connectivity index (χ1n) is 24.7. The van der Waals surface area contributed by atoms with Crippen LogP contribution < -0.4 is 31.3 Å². The highest BCUT2D eigenvalue weighted by Gasteiger charge is 2.33. The van der Waals surface area contributed by atoms with Crippen LogP contribution in [0.25, 0.3) is 22.3 Å². The van der Waals surface area contributed by atoms with Crippen LogP contribution in [0, 0.1) is 0 Å². The van der Waals surface area contributed by atoms with Gasteiger partial charge in [0.2, 0.25) is 23.6 Å². The molecule has 3 heterocycles. The van der Waals surface area contributed by atoms with Crippen molar-refractivity contribution in [3.8, 4) is 28.0 Å². The highest BCUT2D eigenvalue weighted by Crippen LogP contribution is 2.22. The SMILES string of the molecule is O=C1COc2ccc(cc2)C[C@@H](C(=O)N[C@@H](CCc2ccccc2)C(=O)O)NC(=O)[C@H](CCc2ccccc2)NC(=O)[C@@H](Cc2ccc(-c3ccccc3)cc2)NC(=O)[C@H](Cc2ccc(-c3ccncc3)cc2)N1. The van der Waals surface area contributed by atoms with Crippen LogP contribution in [0.15, 0.2) is 188 Å². The molecule has 2 aliphatic rings. The van der Waals surface area contributed by atoms with Gasteiger partial charge in [-0.15, -0.1) is 0 Å². The van der Waals surface area contributed by atoms with E-state index in [2.05, 4.69) is 31.6 Å². The molecule has 0 saturated heterocycles. The lowest BCUT2D eigenvalue weighted by Gasteiger charge is -2.27. The Bertz CT molecular complexity index is 2980. The normalized spacial score (nSPS) is 17.9. The first-order valence-corrected chi connectivity index (χ1v) is 24.7. The van der Waals surface area contributed by atoms with Gasteiger partial charge in [0, 0.05) is 31.7 Å². The van der Waals surface area contributed by atoms with Crippen LogP contribution in [-0.2, 0) is 60.9 Å². The van der Waals surface area contributed by atoms with Gasteiger partial charge in [-0.3, -0.25) is 29.0 Å². The van der Waals surface area contributed by atoms with E-state index in [1.165, 1.54) is 0 Å². The van der Waals surface area contributed by atoms with Crippen LogP contribution >= 0.6 is 0 Å². The third kappa shape index (κ3) is 14.8. The molecule has 7 aromatic rings. The van der Waals surface area contributed by atoms with Crippen molar-refractivity contribution in [2.24, 2.45) is 0 Å². The Labute approximate surface area is 430 Å². The number of carbonyl (C=O) groups excluding carboxylic acids is 5. The molecule has 5 atom stereocenters. The number of benzene rings is 6. The van der Waals surface area contributed by atoms with Crippen molar-refractivity contribution >= 4 is 35.5 Å². The van der Waals surface area contributed by atoms with E-state index < -0.39 is 72.3 Å². The smallest absolute Gasteiger partial charge is 0.326 e. The number of nitrogens with zero attached hydrogens (tertiary/aromatic N) is 1. The van der Waals surface area contributed by atoms with Crippen LogP contribution in [0.2, 0.25) is 0 Å². The first-order chi connectivity index (χ1) is 36.0. The maximum absolute atomic E-state index is 14.9. The van der Waals surface area contributed by atoms with Crippen LogP contribution in [0.3, 0.4) is 0 Å². The molecule has 0 spiro atoms. The Balaban J connectivity index is 1.11. The molecular weight excluding hydrogens is 933 g/mol. The molecule has 6 N–H and O–H groups in total. The van der Waals surface area contributed by atoms with Gasteiger partial charge in [-0.25, -0.2) is 4.79 Å². The number of hydrogen-bond acceptors (Lipinski definition) is 8. The van der Waals surface area contributed by atoms with Gasteiger partial charge in [0.15, 0.2) is 6.61 Å². The van der Waals surface area contributed by atoms with E-state index >= 15 is 0 Å². The van der Waals surface area contributed by atoms with Crippen molar-refractivity contribution in [2.75, 3.05) is 6.61 Å². The van der Waals surface area contributed by atoms with Gasteiger partial charge in [-0.05, 0) is 100 Å². The third-order valence-electron chi connectivity index (χ3n) is 12.9. The molecule has 2 bridgehead atoms. The van der Waals surface area contributed by atoms with Crippen molar-refractivity contribution < 1.29 is 38.6 Å². The summed E-state index contributed by atoms with van der Waals surface area (Å²) < 4.78 is 5.88. The van der Waals surface area contributed by atoms with Gasteiger partial charge in [0.05, 0.1) is 0 Å². The monoisotopic (exact) mass is 990 g/mol. The maximum atomic E-state index is 14.9. The number of hydrogen-bond donors (Lipinski definition) is 6. The molecule has 9 rings (SSSR count). The fourth-order valence-corrected chi connectivity index (χ4v) is 8.81. The van der Waals surface area contributed by atoms with Crippen molar-refractivity contribution in [3.05, 3.63) is 216 Å². The summed E-state index contributed by atoms with van der Waals surface area (Å²) in [5, 5.41) is 24.4. The predicted molar refractivity (Wildman–Crippen MR) is 281 cm³/mol. The molecule has 0 radical (unpaired) electrons. The molecule has 74 heavy (non-hydrogen) atoms. The lowest BCUT2D eigenvalue weighted by atomic mass is 9.98. The van der Waals surface area contributed by atoms with Crippen molar-refractivity contribution in [1.29, 1.82) is 0 Å². The number of nitrogens with one attached hydrogen (secondary N) is 5. The Kier molecular flexibility index (Phi) is 17.7. The lowest BCUT2D eigenvalue weighted by molar-refractivity contribution is -0.142. The molecule has 0 fully saturated rings. The molecule has 0 unspecified atom stereocenters. The summed E-state index contributed by atoms with van der Waals surface area (Å²) >= 11 is 0. The minimum Gasteiger partial charge on any atom is -0.484 e. The van der Waals surface area contributed by atoms with E-state index in [4.69, 9.17) is 4.74 Å². The van der Waals surface area contributed by atoms with E-state index in [1.807, 2.05) is 152 Å². The number of amides is 5. The number of ether oxygens (including phenoxy) is 1. The number of aromatic nitrogens is 1. The second-order valence-corrected chi connectivity index (χ2v) is 18.3. The Morgan fingerprint density at radius 2 is 1.03 bits per heavy atom. The number of carboxylic acids is 1.